The highest BCUT2D eigenvalue weighted by Crippen LogP contribution is 2.28. The van der Waals surface area contributed by atoms with Crippen LogP contribution < -0.4 is 5.73 Å². The van der Waals surface area contributed by atoms with Crippen molar-refractivity contribution in [2.24, 2.45) is 0 Å². The molecule has 1 unspecified atom stereocenters. The molecule has 2 aromatic rings. The van der Waals surface area contributed by atoms with Crippen LogP contribution in [0.25, 0.3) is 11.5 Å². The summed E-state index contributed by atoms with van der Waals surface area (Å²) >= 11 is 3.43. The predicted molar refractivity (Wildman–Crippen MR) is 72.0 cm³/mol. The number of rotatable bonds is 4. The van der Waals surface area contributed by atoms with Gasteiger partial charge in [-0.2, -0.15) is 4.98 Å². The number of nitrogens with zero attached hydrogens (tertiary/aromatic N) is 2. The predicted octanol–water partition coefficient (Wildman–Crippen LogP) is 2.66. The second-order valence-corrected chi connectivity index (χ2v) is 4.86. The van der Waals surface area contributed by atoms with Crippen LogP contribution in [0.5, 0.6) is 0 Å². The van der Waals surface area contributed by atoms with E-state index in [2.05, 4.69) is 26.1 Å². The van der Waals surface area contributed by atoms with Gasteiger partial charge >= 0.3 is 0 Å². The van der Waals surface area contributed by atoms with Crippen LogP contribution in [0.2, 0.25) is 0 Å². The molecule has 2 N–H and O–H groups in total. The van der Waals surface area contributed by atoms with E-state index in [1.807, 2.05) is 13.0 Å². The van der Waals surface area contributed by atoms with Crippen molar-refractivity contribution in [2.75, 3.05) is 12.8 Å². The summed E-state index contributed by atoms with van der Waals surface area (Å²) in [6, 6.07) is 5.45. The van der Waals surface area contributed by atoms with Crippen LogP contribution in [0, 0.1) is 0 Å². The fourth-order valence-electron chi connectivity index (χ4n) is 1.49. The van der Waals surface area contributed by atoms with E-state index in [9.17, 15) is 0 Å². The Morgan fingerprint density at radius 3 is 3.00 bits per heavy atom. The van der Waals surface area contributed by atoms with E-state index < -0.39 is 0 Å². The van der Waals surface area contributed by atoms with Gasteiger partial charge in [-0.05, 0) is 41.1 Å². The number of ether oxygens (including phenoxy) is 1. The zero-order chi connectivity index (χ0) is 13.1. The average Bonchev–Trinajstić information content (AvgIpc) is 2.80. The average molecular weight is 312 g/mol. The van der Waals surface area contributed by atoms with E-state index in [0.717, 1.165) is 10.0 Å². The maximum atomic E-state index is 5.74. The molecule has 0 saturated heterocycles. The monoisotopic (exact) mass is 311 g/mol. The maximum absolute atomic E-state index is 5.74. The van der Waals surface area contributed by atoms with Crippen LogP contribution in [0.1, 0.15) is 12.7 Å². The first kappa shape index (κ1) is 13.0. The number of aromatic nitrogens is 2. The van der Waals surface area contributed by atoms with E-state index in [1.54, 1.807) is 19.2 Å². The van der Waals surface area contributed by atoms with Crippen LogP contribution in [-0.2, 0) is 11.2 Å². The number of benzene rings is 1. The summed E-state index contributed by atoms with van der Waals surface area (Å²) in [6.07, 6.45) is 0.666. The minimum atomic E-state index is 0.0553. The molecule has 6 heteroatoms. The zero-order valence-corrected chi connectivity index (χ0v) is 11.8. The fraction of sp³-hybridized carbons (Fsp3) is 0.333. The summed E-state index contributed by atoms with van der Waals surface area (Å²) in [6.45, 7) is 1.95. The van der Waals surface area contributed by atoms with Gasteiger partial charge in [0.15, 0.2) is 5.82 Å². The number of hydrogen-bond donors (Lipinski definition) is 1. The minimum absolute atomic E-state index is 0.0553. The number of hydrogen-bond acceptors (Lipinski definition) is 5. The van der Waals surface area contributed by atoms with Gasteiger partial charge < -0.3 is 15.0 Å². The standard InChI is InChI=1S/C12H14BrN3O2/c1-7(17-2)5-11-15-12(18-16-11)9-6-8(14)3-4-10(9)13/h3-4,6-7H,5,14H2,1-2H3. The Labute approximate surface area is 113 Å². The Balaban J connectivity index is 2.26. The van der Waals surface area contributed by atoms with Crippen molar-refractivity contribution >= 4 is 21.6 Å². The molecular weight excluding hydrogens is 298 g/mol. The van der Waals surface area contributed by atoms with Gasteiger partial charge in [0.05, 0.1) is 11.7 Å². The van der Waals surface area contributed by atoms with Crippen LogP contribution in [0.3, 0.4) is 0 Å². The van der Waals surface area contributed by atoms with E-state index in [0.29, 0.717) is 23.8 Å². The largest absolute Gasteiger partial charge is 0.399 e. The summed E-state index contributed by atoms with van der Waals surface area (Å²) in [4.78, 5) is 4.33. The molecule has 0 aliphatic heterocycles. The highest BCUT2D eigenvalue weighted by Gasteiger charge is 2.14. The topological polar surface area (TPSA) is 74.2 Å². The Morgan fingerprint density at radius 2 is 2.28 bits per heavy atom. The lowest BCUT2D eigenvalue weighted by atomic mass is 10.2. The molecular formula is C12H14BrN3O2. The van der Waals surface area contributed by atoms with Gasteiger partial charge in [0, 0.05) is 23.7 Å². The van der Waals surface area contributed by atoms with Gasteiger partial charge in [-0.15, -0.1) is 0 Å². The summed E-state index contributed by atoms with van der Waals surface area (Å²) < 4.78 is 11.3. The fourth-order valence-corrected chi connectivity index (χ4v) is 1.91. The molecule has 0 aliphatic carbocycles. The molecule has 0 fully saturated rings. The van der Waals surface area contributed by atoms with Crippen molar-refractivity contribution in [1.29, 1.82) is 0 Å². The van der Waals surface area contributed by atoms with Gasteiger partial charge in [-0.3, -0.25) is 0 Å². The third kappa shape index (κ3) is 2.88. The lowest BCUT2D eigenvalue weighted by molar-refractivity contribution is 0.116. The van der Waals surface area contributed by atoms with Crippen molar-refractivity contribution in [3.05, 3.63) is 28.5 Å². The van der Waals surface area contributed by atoms with Crippen LogP contribution in [-0.4, -0.2) is 23.4 Å². The molecule has 0 bridgehead atoms. The molecule has 1 heterocycles. The zero-order valence-electron chi connectivity index (χ0n) is 10.2. The molecule has 96 valence electrons. The van der Waals surface area contributed by atoms with Crippen LogP contribution in [0.15, 0.2) is 27.2 Å². The lowest BCUT2D eigenvalue weighted by Gasteiger charge is -2.04. The first-order chi connectivity index (χ1) is 8.60. The number of halogens is 1. The van der Waals surface area contributed by atoms with Gasteiger partial charge in [0.1, 0.15) is 0 Å². The molecule has 1 aromatic carbocycles. The number of anilines is 1. The molecule has 0 aliphatic rings. The summed E-state index contributed by atoms with van der Waals surface area (Å²) in [5.74, 6) is 1.07. The van der Waals surface area contributed by atoms with Crippen LogP contribution in [0.4, 0.5) is 5.69 Å². The maximum Gasteiger partial charge on any atom is 0.259 e. The van der Waals surface area contributed by atoms with Gasteiger partial charge in [0.2, 0.25) is 0 Å². The quantitative estimate of drug-likeness (QED) is 0.879. The highest BCUT2D eigenvalue weighted by molar-refractivity contribution is 9.10. The normalized spacial score (nSPS) is 12.6. The Bertz CT molecular complexity index is 542. The molecule has 0 spiro atoms. The number of nitrogen functional groups attached to an aromatic ring is 1. The van der Waals surface area contributed by atoms with Crippen molar-refractivity contribution in [3.8, 4) is 11.5 Å². The van der Waals surface area contributed by atoms with E-state index in [4.69, 9.17) is 15.0 Å². The van der Waals surface area contributed by atoms with E-state index in [1.165, 1.54) is 0 Å². The van der Waals surface area contributed by atoms with E-state index >= 15 is 0 Å². The third-order valence-electron chi connectivity index (χ3n) is 2.56. The molecule has 18 heavy (non-hydrogen) atoms. The Kier molecular flexibility index (Phi) is 3.98. The Hall–Kier alpha value is -1.40. The number of methoxy groups -OCH3 is 1. The van der Waals surface area contributed by atoms with Crippen molar-refractivity contribution in [1.82, 2.24) is 10.1 Å². The van der Waals surface area contributed by atoms with Gasteiger partial charge in [-0.25, -0.2) is 0 Å². The van der Waals surface area contributed by atoms with Gasteiger partial charge in [0.25, 0.3) is 5.89 Å². The lowest BCUT2D eigenvalue weighted by Crippen LogP contribution is -2.09. The molecule has 5 nitrogen and oxygen atoms in total. The summed E-state index contributed by atoms with van der Waals surface area (Å²) in [5, 5.41) is 3.92. The summed E-state index contributed by atoms with van der Waals surface area (Å²) in [7, 11) is 1.65. The van der Waals surface area contributed by atoms with E-state index in [-0.39, 0.29) is 6.10 Å². The molecule has 0 saturated carbocycles. The smallest absolute Gasteiger partial charge is 0.259 e. The molecule has 2 rings (SSSR count). The summed E-state index contributed by atoms with van der Waals surface area (Å²) in [5.41, 5.74) is 7.18. The Morgan fingerprint density at radius 1 is 1.50 bits per heavy atom. The van der Waals surface area contributed by atoms with Crippen molar-refractivity contribution < 1.29 is 9.26 Å². The molecule has 0 amide bonds. The molecule has 1 aromatic heterocycles. The first-order valence-electron chi connectivity index (χ1n) is 5.51. The number of nitrogens with two attached hydrogens (primary N) is 1. The second-order valence-electron chi connectivity index (χ2n) is 4.01. The molecule has 0 radical (unpaired) electrons. The molecule has 1 atom stereocenters. The SMILES string of the molecule is COC(C)Cc1noc(-c2cc(N)ccc2Br)n1. The van der Waals surface area contributed by atoms with Gasteiger partial charge in [-0.1, -0.05) is 5.16 Å². The van der Waals surface area contributed by atoms with Crippen molar-refractivity contribution in [3.63, 3.8) is 0 Å². The van der Waals surface area contributed by atoms with Crippen molar-refractivity contribution in [2.45, 2.75) is 19.4 Å². The first-order valence-corrected chi connectivity index (χ1v) is 6.30. The third-order valence-corrected chi connectivity index (χ3v) is 3.25. The van der Waals surface area contributed by atoms with Crippen LogP contribution >= 0.6 is 15.9 Å². The second kappa shape index (κ2) is 5.49. The minimum Gasteiger partial charge on any atom is -0.399 e. The highest BCUT2D eigenvalue weighted by atomic mass is 79.9.